The number of rotatable bonds is 7. The van der Waals surface area contributed by atoms with Gasteiger partial charge in [0, 0.05) is 6.42 Å². The van der Waals surface area contributed by atoms with Gasteiger partial charge in [-0.15, -0.1) is 0 Å². The summed E-state index contributed by atoms with van der Waals surface area (Å²) in [6, 6.07) is -0.681. The highest BCUT2D eigenvalue weighted by molar-refractivity contribution is 7.89. The minimum Gasteiger partial charge on any atom is -0.464 e. The highest BCUT2D eigenvalue weighted by Crippen LogP contribution is 2.22. The molecule has 1 saturated heterocycles. The first-order valence-electron chi connectivity index (χ1n) is 6.86. The van der Waals surface area contributed by atoms with E-state index in [2.05, 4.69) is 25.5 Å². The number of sulfonamides is 1. The molecule has 0 aromatic heterocycles. The summed E-state index contributed by atoms with van der Waals surface area (Å²) in [4.78, 5) is 11.2. The van der Waals surface area contributed by atoms with Gasteiger partial charge in [0.05, 0.1) is 12.4 Å². The van der Waals surface area contributed by atoms with Crippen molar-refractivity contribution in [2.24, 2.45) is 5.41 Å². The first-order chi connectivity index (χ1) is 8.70. The second-order valence-electron chi connectivity index (χ2n) is 6.32. The molecule has 1 N–H and O–H groups in total. The van der Waals surface area contributed by atoms with Crippen molar-refractivity contribution < 1.29 is 17.9 Å². The van der Waals surface area contributed by atoms with E-state index < -0.39 is 22.0 Å². The Morgan fingerprint density at radius 3 is 2.47 bits per heavy atom. The Bertz CT molecular complexity index is 397. The van der Waals surface area contributed by atoms with Crippen LogP contribution in [0.25, 0.3) is 0 Å². The molecule has 0 aromatic rings. The summed E-state index contributed by atoms with van der Waals surface area (Å²) in [7, 11) is -3.36. The van der Waals surface area contributed by atoms with Crippen LogP contribution in [-0.2, 0) is 19.6 Å². The van der Waals surface area contributed by atoms with E-state index in [0.29, 0.717) is 24.9 Å². The lowest BCUT2D eigenvalue weighted by atomic mass is 9.90. The largest absolute Gasteiger partial charge is 0.464 e. The van der Waals surface area contributed by atoms with Gasteiger partial charge in [0.1, 0.15) is 6.04 Å². The Hall–Kier alpha value is -0.620. The van der Waals surface area contributed by atoms with Gasteiger partial charge in [0.15, 0.2) is 0 Å². The van der Waals surface area contributed by atoms with E-state index in [1.807, 2.05) is 0 Å². The smallest absolute Gasteiger partial charge is 0.324 e. The molecule has 19 heavy (non-hydrogen) atoms. The number of nitrogens with one attached hydrogen (secondary N) is 1. The number of carbonyl (C=O) groups is 1. The third-order valence-electron chi connectivity index (χ3n) is 3.10. The molecule has 0 spiro atoms. The predicted molar refractivity (Wildman–Crippen MR) is 74.2 cm³/mol. The van der Waals surface area contributed by atoms with Crippen molar-refractivity contribution in [3.05, 3.63) is 0 Å². The fraction of sp³-hybridized carbons (Fsp3) is 0.923. The lowest BCUT2D eigenvalue weighted by molar-refractivity contribution is -0.139. The topological polar surface area (TPSA) is 72.5 Å². The highest BCUT2D eigenvalue weighted by atomic mass is 32.2. The Morgan fingerprint density at radius 1 is 1.26 bits per heavy atom. The lowest BCUT2D eigenvalue weighted by Gasteiger charge is -2.17. The van der Waals surface area contributed by atoms with Crippen LogP contribution in [0.5, 0.6) is 0 Å². The number of carbonyl (C=O) groups excluding carboxylic acids is 1. The van der Waals surface area contributed by atoms with Gasteiger partial charge in [-0.3, -0.25) is 4.79 Å². The van der Waals surface area contributed by atoms with E-state index in [0.717, 1.165) is 19.3 Å². The van der Waals surface area contributed by atoms with Crippen LogP contribution in [0.15, 0.2) is 0 Å². The molecule has 1 heterocycles. The fourth-order valence-corrected chi connectivity index (χ4v) is 3.35. The molecule has 0 aromatic carbocycles. The van der Waals surface area contributed by atoms with Gasteiger partial charge in [-0.25, -0.2) is 13.1 Å². The molecule has 0 aliphatic carbocycles. The highest BCUT2D eigenvalue weighted by Gasteiger charge is 2.30. The molecule has 0 saturated carbocycles. The first kappa shape index (κ1) is 16.4. The van der Waals surface area contributed by atoms with E-state index in [9.17, 15) is 13.2 Å². The molecule has 0 amide bonds. The molecule has 1 rings (SSSR count). The van der Waals surface area contributed by atoms with Gasteiger partial charge in [0.2, 0.25) is 10.0 Å². The Balaban J connectivity index is 2.22. The van der Waals surface area contributed by atoms with Crippen LogP contribution in [-0.4, -0.2) is 32.8 Å². The van der Waals surface area contributed by atoms with Crippen molar-refractivity contribution in [3.8, 4) is 0 Å². The standard InChI is InChI=1S/C13H25NO4S/c1-13(2,3)8-5-4-6-10-19(16,17)14-11-7-9-18-12(11)15/h11,14H,4-10H2,1-3H3/t11-/m0/s1. The maximum atomic E-state index is 11.8. The van der Waals surface area contributed by atoms with Gasteiger partial charge >= 0.3 is 5.97 Å². The molecule has 1 fully saturated rings. The number of ether oxygens (including phenoxy) is 1. The van der Waals surface area contributed by atoms with Crippen LogP contribution < -0.4 is 4.72 Å². The van der Waals surface area contributed by atoms with Gasteiger partial charge in [-0.2, -0.15) is 0 Å². The molecule has 6 heteroatoms. The average molecular weight is 291 g/mol. The number of hydrogen-bond acceptors (Lipinski definition) is 4. The van der Waals surface area contributed by atoms with Crippen molar-refractivity contribution in [1.82, 2.24) is 4.72 Å². The van der Waals surface area contributed by atoms with Crippen LogP contribution >= 0.6 is 0 Å². The fourth-order valence-electron chi connectivity index (χ4n) is 2.00. The molecule has 1 aliphatic heterocycles. The van der Waals surface area contributed by atoms with Crippen LogP contribution in [0.3, 0.4) is 0 Å². The monoisotopic (exact) mass is 291 g/mol. The third-order valence-corrected chi connectivity index (χ3v) is 4.57. The van der Waals surface area contributed by atoms with Crippen molar-refractivity contribution in [1.29, 1.82) is 0 Å². The quantitative estimate of drug-likeness (QED) is 0.574. The second kappa shape index (κ2) is 6.70. The second-order valence-corrected chi connectivity index (χ2v) is 8.19. The van der Waals surface area contributed by atoms with Gasteiger partial charge in [-0.05, 0) is 18.3 Å². The van der Waals surface area contributed by atoms with Crippen LogP contribution in [0.1, 0.15) is 52.9 Å². The molecule has 0 unspecified atom stereocenters. The minimum atomic E-state index is -3.36. The zero-order chi connectivity index (χ0) is 14.5. The normalized spacial score (nSPS) is 20.6. The molecular formula is C13H25NO4S. The van der Waals surface area contributed by atoms with Gasteiger partial charge in [0.25, 0.3) is 0 Å². The van der Waals surface area contributed by atoms with Crippen LogP contribution in [0.4, 0.5) is 0 Å². The minimum absolute atomic E-state index is 0.0842. The summed E-state index contributed by atoms with van der Waals surface area (Å²) >= 11 is 0. The molecule has 0 radical (unpaired) electrons. The zero-order valence-corrected chi connectivity index (χ0v) is 12.9. The SMILES string of the molecule is CC(C)(C)CCCCCS(=O)(=O)N[C@H]1CCOC1=O. The number of unbranched alkanes of at least 4 members (excludes halogenated alkanes) is 2. The summed E-state index contributed by atoms with van der Waals surface area (Å²) in [5, 5.41) is 0. The Kier molecular flexibility index (Phi) is 5.80. The van der Waals surface area contributed by atoms with Crippen molar-refractivity contribution in [3.63, 3.8) is 0 Å². The van der Waals surface area contributed by atoms with Gasteiger partial charge < -0.3 is 4.74 Å². The van der Waals surface area contributed by atoms with E-state index in [1.54, 1.807) is 0 Å². The number of esters is 1. The third kappa shape index (κ3) is 6.92. The summed E-state index contributed by atoms with van der Waals surface area (Å²) in [6.45, 7) is 6.84. The lowest BCUT2D eigenvalue weighted by Crippen LogP contribution is -2.39. The average Bonchev–Trinajstić information content (AvgIpc) is 2.61. The number of cyclic esters (lactones) is 1. The molecule has 0 bridgehead atoms. The molecular weight excluding hydrogens is 266 g/mol. The van der Waals surface area contributed by atoms with Crippen molar-refractivity contribution in [2.75, 3.05) is 12.4 Å². The predicted octanol–water partition coefficient (Wildman–Crippen LogP) is 1.83. The Labute approximate surface area is 116 Å². The summed E-state index contributed by atoms with van der Waals surface area (Å²) in [6.07, 6.45) is 4.09. The molecule has 1 atom stereocenters. The van der Waals surface area contributed by atoms with E-state index >= 15 is 0 Å². The summed E-state index contributed by atoms with van der Waals surface area (Å²) in [5.74, 6) is -0.378. The maximum Gasteiger partial charge on any atom is 0.324 e. The maximum absolute atomic E-state index is 11.8. The van der Waals surface area contributed by atoms with E-state index in [-0.39, 0.29) is 5.75 Å². The van der Waals surface area contributed by atoms with Crippen LogP contribution in [0.2, 0.25) is 0 Å². The Morgan fingerprint density at radius 2 is 1.95 bits per heavy atom. The number of hydrogen-bond donors (Lipinski definition) is 1. The van der Waals surface area contributed by atoms with Gasteiger partial charge in [-0.1, -0.05) is 33.6 Å². The van der Waals surface area contributed by atoms with Crippen molar-refractivity contribution >= 4 is 16.0 Å². The zero-order valence-electron chi connectivity index (χ0n) is 12.1. The van der Waals surface area contributed by atoms with E-state index in [1.165, 1.54) is 0 Å². The van der Waals surface area contributed by atoms with E-state index in [4.69, 9.17) is 4.74 Å². The van der Waals surface area contributed by atoms with Crippen LogP contribution in [0, 0.1) is 5.41 Å². The summed E-state index contributed by atoms with van der Waals surface area (Å²) in [5.41, 5.74) is 0.296. The molecule has 1 aliphatic rings. The first-order valence-corrected chi connectivity index (χ1v) is 8.51. The van der Waals surface area contributed by atoms with Crippen molar-refractivity contribution in [2.45, 2.75) is 58.9 Å². The molecule has 5 nitrogen and oxygen atoms in total. The molecule has 112 valence electrons. The summed E-state index contributed by atoms with van der Waals surface area (Å²) < 4.78 is 30.7.